The molecule has 1 aliphatic rings. The van der Waals surface area contributed by atoms with E-state index in [4.69, 9.17) is 4.74 Å². The van der Waals surface area contributed by atoms with Crippen LogP contribution in [0, 0.1) is 5.92 Å². The van der Waals surface area contributed by atoms with Crippen LogP contribution in [-0.4, -0.2) is 24.3 Å². The monoisotopic (exact) mass is 274 g/mol. The first kappa shape index (κ1) is 13.9. The van der Waals surface area contributed by atoms with Gasteiger partial charge in [0.1, 0.15) is 0 Å². The zero-order valence-corrected chi connectivity index (χ0v) is 9.98. The molecule has 0 amide bonds. The number of ether oxygens (including phenoxy) is 1. The largest absolute Gasteiger partial charge is 0.481 e. The quantitative estimate of drug-likeness (QED) is 0.921. The average Bonchev–Trinajstić information content (AvgIpc) is 2.81. The van der Waals surface area contributed by atoms with E-state index in [1.165, 1.54) is 12.1 Å². The van der Waals surface area contributed by atoms with Crippen molar-refractivity contribution in [3.05, 3.63) is 35.4 Å². The third-order valence-corrected chi connectivity index (χ3v) is 3.28. The van der Waals surface area contributed by atoms with Crippen LogP contribution < -0.4 is 0 Å². The van der Waals surface area contributed by atoms with E-state index in [-0.39, 0.29) is 18.1 Å². The van der Waals surface area contributed by atoms with E-state index in [2.05, 4.69) is 0 Å². The van der Waals surface area contributed by atoms with E-state index in [9.17, 15) is 23.1 Å². The molecule has 1 aromatic carbocycles. The standard InChI is InChI=1S/C13H13F3O3/c14-13(15,16)10-3-1-2-8(6-10)11(12(17)18)9-4-5-19-7-9/h1-3,6,9,11H,4-5,7H2,(H,17,18). The van der Waals surface area contributed by atoms with E-state index in [1.54, 1.807) is 0 Å². The molecule has 1 heterocycles. The predicted molar refractivity (Wildman–Crippen MR) is 60.7 cm³/mol. The minimum Gasteiger partial charge on any atom is -0.481 e. The summed E-state index contributed by atoms with van der Waals surface area (Å²) in [5.74, 6) is -2.35. The first-order valence-electron chi connectivity index (χ1n) is 5.87. The second-order valence-electron chi connectivity index (χ2n) is 4.56. The lowest BCUT2D eigenvalue weighted by Gasteiger charge is -2.19. The Balaban J connectivity index is 2.34. The molecule has 104 valence electrons. The molecular formula is C13H13F3O3. The third kappa shape index (κ3) is 3.07. The highest BCUT2D eigenvalue weighted by Crippen LogP contribution is 2.35. The van der Waals surface area contributed by atoms with Gasteiger partial charge in [-0.1, -0.05) is 18.2 Å². The second-order valence-corrected chi connectivity index (χ2v) is 4.56. The maximum Gasteiger partial charge on any atom is 0.416 e. The number of hydrogen-bond donors (Lipinski definition) is 1. The highest BCUT2D eigenvalue weighted by Gasteiger charge is 2.35. The van der Waals surface area contributed by atoms with Gasteiger partial charge < -0.3 is 9.84 Å². The number of carboxylic acid groups (broad SMARTS) is 1. The molecule has 0 aliphatic carbocycles. The van der Waals surface area contributed by atoms with Crippen molar-refractivity contribution in [1.29, 1.82) is 0 Å². The summed E-state index contributed by atoms with van der Waals surface area (Å²) in [5, 5.41) is 9.24. The van der Waals surface area contributed by atoms with Gasteiger partial charge in [-0.05, 0) is 18.1 Å². The van der Waals surface area contributed by atoms with Gasteiger partial charge in [-0.3, -0.25) is 4.79 Å². The molecule has 1 saturated heterocycles. The highest BCUT2D eigenvalue weighted by molar-refractivity contribution is 5.76. The van der Waals surface area contributed by atoms with Gasteiger partial charge in [-0.2, -0.15) is 13.2 Å². The molecule has 0 radical (unpaired) electrons. The molecule has 1 aliphatic heterocycles. The lowest BCUT2D eigenvalue weighted by Crippen LogP contribution is -2.22. The zero-order valence-electron chi connectivity index (χ0n) is 9.98. The summed E-state index contributed by atoms with van der Waals surface area (Å²) in [6.07, 6.45) is -3.92. The minimum absolute atomic E-state index is 0.179. The van der Waals surface area contributed by atoms with E-state index < -0.39 is 23.6 Å². The molecule has 1 aromatic rings. The van der Waals surface area contributed by atoms with Crippen LogP contribution in [-0.2, 0) is 15.7 Å². The van der Waals surface area contributed by atoms with Crippen LogP contribution in [0.3, 0.4) is 0 Å². The van der Waals surface area contributed by atoms with Crippen molar-refractivity contribution < 1.29 is 27.8 Å². The topological polar surface area (TPSA) is 46.5 Å². The first-order chi connectivity index (χ1) is 8.89. The van der Waals surface area contributed by atoms with Gasteiger partial charge in [-0.15, -0.1) is 0 Å². The molecule has 19 heavy (non-hydrogen) atoms. The Hall–Kier alpha value is -1.56. The Bertz CT molecular complexity index is 464. The van der Waals surface area contributed by atoms with Crippen LogP contribution in [0.1, 0.15) is 23.5 Å². The maximum absolute atomic E-state index is 12.6. The predicted octanol–water partition coefficient (Wildman–Crippen LogP) is 2.91. The Labute approximate surface area is 108 Å². The van der Waals surface area contributed by atoms with Gasteiger partial charge in [0.15, 0.2) is 0 Å². The number of hydrogen-bond acceptors (Lipinski definition) is 2. The minimum atomic E-state index is -4.47. The Morgan fingerprint density at radius 2 is 2.16 bits per heavy atom. The smallest absolute Gasteiger partial charge is 0.416 e. The van der Waals surface area contributed by atoms with Crippen LogP contribution in [0.15, 0.2) is 24.3 Å². The van der Waals surface area contributed by atoms with Gasteiger partial charge >= 0.3 is 12.1 Å². The number of benzene rings is 1. The van der Waals surface area contributed by atoms with Crippen molar-refractivity contribution in [3.8, 4) is 0 Å². The van der Waals surface area contributed by atoms with Crippen molar-refractivity contribution in [3.63, 3.8) is 0 Å². The SMILES string of the molecule is O=C(O)C(c1cccc(C(F)(F)F)c1)C1CCOC1. The summed E-state index contributed by atoms with van der Waals surface area (Å²) >= 11 is 0. The van der Waals surface area contributed by atoms with Crippen molar-refractivity contribution in [1.82, 2.24) is 0 Å². The van der Waals surface area contributed by atoms with Crippen molar-refractivity contribution in [2.24, 2.45) is 5.92 Å². The molecule has 6 heteroatoms. The summed E-state index contributed by atoms with van der Waals surface area (Å²) in [6, 6.07) is 4.51. The lowest BCUT2D eigenvalue weighted by molar-refractivity contribution is -0.141. The molecule has 2 atom stereocenters. The van der Waals surface area contributed by atoms with Gasteiger partial charge in [0.25, 0.3) is 0 Å². The Morgan fingerprint density at radius 1 is 1.42 bits per heavy atom. The van der Waals surface area contributed by atoms with Crippen LogP contribution in [0.2, 0.25) is 0 Å². The van der Waals surface area contributed by atoms with Gasteiger partial charge in [0.2, 0.25) is 0 Å². The fraction of sp³-hybridized carbons (Fsp3) is 0.462. The fourth-order valence-electron chi connectivity index (χ4n) is 2.34. The molecule has 0 aromatic heterocycles. The van der Waals surface area contributed by atoms with Gasteiger partial charge in [0.05, 0.1) is 18.1 Å². The number of aliphatic carboxylic acids is 1. The van der Waals surface area contributed by atoms with Gasteiger partial charge in [-0.25, -0.2) is 0 Å². The number of alkyl halides is 3. The van der Waals surface area contributed by atoms with E-state index in [0.29, 0.717) is 13.0 Å². The molecule has 2 rings (SSSR count). The highest BCUT2D eigenvalue weighted by atomic mass is 19.4. The van der Waals surface area contributed by atoms with Crippen molar-refractivity contribution in [2.45, 2.75) is 18.5 Å². The molecule has 0 saturated carbocycles. The van der Waals surface area contributed by atoms with Crippen molar-refractivity contribution in [2.75, 3.05) is 13.2 Å². The fourth-order valence-corrected chi connectivity index (χ4v) is 2.34. The number of carboxylic acids is 1. The molecule has 2 unspecified atom stereocenters. The zero-order chi connectivity index (χ0) is 14.0. The summed E-state index contributed by atoms with van der Waals surface area (Å²) in [5.41, 5.74) is -0.645. The summed E-state index contributed by atoms with van der Waals surface area (Å²) in [4.78, 5) is 11.3. The second kappa shape index (κ2) is 5.21. The number of rotatable bonds is 3. The van der Waals surface area contributed by atoms with Crippen LogP contribution in [0.4, 0.5) is 13.2 Å². The molecular weight excluding hydrogens is 261 g/mol. The van der Waals surface area contributed by atoms with Crippen LogP contribution >= 0.6 is 0 Å². The van der Waals surface area contributed by atoms with Crippen molar-refractivity contribution >= 4 is 5.97 Å². The van der Waals surface area contributed by atoms with E-state index >= 15 is 0 Å². The maximum atomic E-state index is 12.6. The molecule has 1 fully saturated rings. The number of carbonyl (C=O) groups is 1. The van der Waals surface area contributed by atoms with Crippen LogP contribution in [0.25, 0.3) is 0 Å². The molecule has 3 nitrogen and oxygen atoms in total. The average molecular weight is 274 g/mol. The normalized spacial score (nSPS) is 21.3. The lowest BCUT2D eigenvalue weighted by atomic mass is 9.85. The molecule has 0 bridgehead atoms. The molecule has 0 spiro atoms. The summed E-state index contributed by atoms with van der Waals surface area (Å²) in [6.45, 7) is 0.723. The third-order valence-electron chi connectivity index (χ3n) is 3.28. The Morgan fingerprint density at radius 3 is 2.68 bits per heavy atom. The number of halogens is 3. The molecule has 1 N–H and O–H groups in total. The van der Waals surface area contributed by atoms with Crippen LogP contribution in [0.5, 0.6) is 0 Å². The van der Waals surface area contributed by atoms with Gasteiger partial charge in [0, 0.05) is 12.5 Å². The summed E-state index contributed by atoms with van der Waals surface area (Å²) < 4.78 is 43.0. The Kier molecular flexibility index (Phi) is 3.80. The first-order valence-corrected chi connectivity index (χ1v) is 5.87. The van der Waals surface area contributed by atoms with E-state index in [1.807, 2.05) is 0 Å². The van der Waals surface area contributed by atoms with E-state index in [0.717, 1.165) is 12.1 Å². The summed E-state index contributed by atoms with van der Waals surface area (Å²) in [7, 11) is 0.